The maximum absolute atomic E-state index is 5.22. The quantitative estimate of drug-likeness (QED) is 0.901. The summed E-state index contributed by atoms with van der Waals surface area (Å²) >= 11 is 0. The Kier molecular flexibility index (Phi) is 4.61. The Morgan fingerprint density at radius 3 is 2.57 bits per heavy atom. The predicted molar refractivity (Wildman–Crippen MR) is 86.0 cm³/mol. The molecule has 1 aromatic carbocycles. The van der Waals surface area contributed by atoms with E-state index >= 15 is 0 Å². The highest BCUT2D eigenvalue weighted by Gasteiger charge is 2.13. The third-order valence-electron chi connectivity index (χ3n) is 4.36. The van der Waals surface area contributed by atoms with Crippen molar-refractivity contribution in [3.8, 4) is 11.4 Å². The molecule has 2 aromatic rings. The zero-order chi connectivity index (χ0) is 14.5. The van der Waals surface area contributed by atoms with Crippen LogP contribution in [0.5, 0.6) is 5.75 Å². The molecule has 1 heterocycles. The minimum absolute atomic E-state index is 0.693. The van der Waals surface area contributed by atoms with Gasteiger partial charge in [0.15, 0.2) is 0 Å². The molecule has 1 saturated carbocycles. The van der Waals surface area contributed by atoms with E-state index < -0.39 is 0 Å². The summed E-state index contributed by atoms with van der Waals surface area (Å²) in [6.07, 6.45) is 8.92. The van der Waals surface area contributed by atoms with Gasteiger partial charge in [0.05, 0.1) is 7.11 Å². The van der Waals surface area contributed by atoms with E-state index in [1.54, 1.807) is 7.11 Å². The van der Waals surface area contributed by atoms with E-state index in [-0.39, 0.29) is 0 Å². The molecule has 0 saturated heterocycles. The Hall–Kier alpha value is -1.74. The summed E-state index contributed by atoms with van der Waals surface area (Å²) in [5.74, 6) is 0.896. The first-order valence-corrected chi connectivity index (χ1v) is 7.91. The highest BCUT2D eigenvalue weighted by Crippen LogP contribution is 2.20. The smallest absolute Gasteiger partial charge is 0.119 e. The lowest BCUT2D eigenvalue weighted by Crippen LogP contribution is -2.31. The number of nitrogens with one attached hydrogen (secondary N) is 1. The van der Waals surface area contributed by atoms with Crippen molar-refractivity contribution in [2.45, 2.75) is 44.7 Å². The molecule has 0 radical (unpaired) electrons. The number of hydrogen-bond donors (Lipinski definition) is 1. The number of ether oxygens (including phenoxy) is 1. The van der Waals surface area contributed by atoms with Crippen LogP contribution in [-0.4, -0.2) is 17.7 Å². The van der Waals surface area contributed by atoms with Crippen molar-refractivity contribution in [1.29, 1.82) is 0 Å². The van der Waals surface area contributed by atoms with E-state index in [4.69, 9.17) is 4.74 Å². The highest BCUT2D eigenvalue weighted by atomic mass is 16.5. The fourth-order valence-electron chi connectivity index (χ4n) is 3.11. The molecule has 21 heavy (non-hydrogen) atoms. The molecule has 0 aliphatic heterocycles. The van der Waals surface area contributed by atoms with Crippen LogP contribution < -0.4 is 10.1 Å². The monoisotopic (exact) mass is 284 g/mol. The second-order valence-corrected chi connectivity index (χ2v) is 5.78. The summed E-state index contributed by atoms with van der Waals surface area (Å²) in [5, 5.41) is 3.71. The van der Waals surface area contributed by atoms with Crippen molar-refractivity contribution in [1.82, 2.24) is 9.88 Å². The van der Waals surface area contributed by atoms with Crippen LogP contribution in [0.1, 0.15) is 37.8 Å². The molecule has 1 N–H and O–H groups in total. The lowest BCUT2D eigenvalue weighted by Gasteiger charge is -2.23. The van der Waals surface area contributed by atoms with Crippen LogP contribution >= 0.6 is 0 Å². The summed E-state index contributed by atoms with van der Waals surface area (Å²) in [6, 6.07) is 13.2. The summed E-state index contributed by atoms with van der Waals surface area (Å²) < 4.78 is 7.47. The molecule has 1 fully saturated rings. The normalized spacial score (nSPS) is 16.0. The number of hydrogen-bond acceptors (Lipinski definition) is 2. The molecular weight excluding hydrogens is 260 g/mol. The zero-order valence-electron chi connectivity index (χ0n) is 12.7. The fourth-order valence-corrected chi connectivity index (χ4v) is 3.11. The second-order valence-electron chi connectivity index (χ2n) is 5.78. The van der Waals surface area contributed by atoms with Crippen molar-refractivity contribution in [2.75, 3.05) is 7.11 Å². The summed E-state index contributed by atoms with van der Waals surface area (Å²) in [4.78, 5) is 0. The van der Waals surface area contributed by atoms with Crippen LogP contribution in [0.3, 0.4) is 0 Å². The first kappa shape index (κ1) is 14.2. The molecule has 3 rings (SSSR count). The third-order valence-corrected chi connectivity index (χ3v) is 4.36. The van der Waals surface area contributed by atoms with Gasteiger partial charge in [0.1, 0.15) is 5.75 Å². The first-order chi connectivity index (χ1) is 10.4. The van der Waals surface area contributed by atoms with Crippen LogP contribution in [0.15, 0.2) is 42.6 Å². The summed E-state index contributed by atoms with van der Waals surface area (Å²) in [7, 11) is 1.70. The molecule has 112 valence electrons. The predicted octanol–water partition coefficient (Wildman–Crippen LogP) is 3.91. The molecule has 3 heteroatoms. The Morgan fingerprint density at radius 1 is 1.10 bits per heavy atom. The number of methoxy groups -OCH3 is 1. The van der Waals surface area contributed by atoms with Crippen molar-refractivity contribution in [3.05, 3.63) is 48.3 Å². The molecular formula is C18H24N2O. The number of benzene rings is 1. The van der Waals surface area contributed by atoms with Gasteiger partial charge in [-0.1, -0.05) is 19.3 Å². The van der Waals surface area contributed by atoms with Crippen molar-refractivity contribution >= 4 is 0 Å². The Labute approximate surface area is 126 Å². The Morgan fingerprint density at radius 2 is 1.86 bits per heavy atom. The summed E-state index contributed by atoms with van der Waals surface area (Å²) in [6.45, 7) is 0.934. The van der Waals surface area contributed by atoms with E-state index in [0.29, 0.717) is 6.04 Å². The number of rotatable bonds is 5. The van der Waals surface area contributed by atoms with Gasteiger partial charge in [-0.15, -0.1) is 0 Å². The Balaban J connectivity index is 1.67. The van der Waals surface area contributed by atoms with Gasteiger partial charge in [-0.25, -0.2) is 0 Å². The van der Waals surface area contributed by atoms with Crippen LogP contribution in [0, 0.1) is 0 Å². The van der Waals surface area contributed by atoms with Crippen LogP contribution in [0.4, 0.5) is 0 Å². The van der Waals surface area contributed by atoms with Crippen molar-refractivity contribution < 1.29 is 4.74 Å². The topological polar surface area (TPSA) is 26.2 Å². The molecule has 0 spiro atoms. The van der Waals surface area contributed by atoms with E-state index in [1.807, 2.05) is 12.1 Å². The van der Waals surface area contributed by atoms with E-state index in [1.165, 1.54) is 43.5 Å². The fraction of sp³-hybridized carbons (Fsp3) is 0.444. The van der Waals surface area contributed by atoms with Gasteiger partial charge in [-0.05, 0) is 49.2 Å². The lowest BCUT2D eigenvalue weighted by atomic mass is 9.95. The Bertz CT molecular complexity index is 553. The zero-order valence-corrected chi connectivity index (χ0v) is 12.7. The molecule has 1 aliphatic rings. The summed E-state index contributed by atoms with van der Waals surface area (Å²) in [5.41, 5.74) is 2.49. The first-order valence-electron chi connectivity index (χ1n) is 7.91. The van der Waals surface area contributed by atoms with Gasteiger partial charge in [0.2, 0.25) is 0 Å². The van der Waals surface area contributed by atoms with Gasteiger partial charge in [-0.2, -0.15) is 0 Å². The van der Waals surface area contributed by atoms with Gasteiger partial charge in [0.25, 0.3) is 0 Å². The molecule has 0 amide bonds. The molecule has 0 unspecified atom stereocenters. The maximum atomic E-state index is 5.22. The molecule has 1 aromatic heterocycles. The number of aromatic nitrogens is 1. The third kappa shape index (κ3) is 3.48. The molecule has 3 nitrogen and oxygen atoms in total. The molecule has 0 bridgehead atoms. The largest absolute Gasteiger partial charge is 0.497 e. The lowest BCUT2D eigenvalue weighted by molar-refractivity contribution is 0.370. The minimum Gasteiger partial charge on any atom is -0.497 e. The van der Waals surface area contributed by atoms with Gasteiger partial charge in [-0.3, -0.25) is 0 Å². The average molecular weight is 284 g/mol. The van der Waals surface area contributed by atoms with Crippen LogP contribution in [0.2, 0.25) is 0 Å². The SMILES string of the molecule is COc1ccc(-n2cccc2CNC2CCCCC2)cc1. The van der Waals surface area contributed by atoms with Crippen LogP contribution in [-0.2, 0) is 6.54 Å². The van der Waals surface area contributed by atoms with E-state index in [2.05, 4.69) is 40.3 Å². The standard InChI is InChI=1S/C18H24N2O/c1-21-18-11-9-16(10-12-18)20-13-5-8-17(20)14-19-15-6-3-2-4-7-15/h5,8-13,15,19H,2-4,6-7,14H2,1H3. The van der Waals surface area contributed by atoms with E-state index in [0.717, 1.165) is 12.3 Å². The van der Waals surface area contributed by atoms with Gasteiger partial charge in [0, 0.05) is 30.2 Å². The number of nitrogens with zero attached hydrogens (tertiary/aromatic N) is 1. The van der Waals surface area contributed by atoms with Gasteiger partial charge >= 0.3 is 0 Å². The average Bonchev–Trinajstić information content (AvgIpc) is 3.02. The van der Waals surface area contributed by atoms with Crippen molar-refractivity contribution in [2.24, 2.45) is 0 Å². The highest BCUT2D eigenvalue weighted by molar-refractivity contribution is 5.39. The maximum Gasteiger partial charge on any atom is 0.119 e. The van der Waals surface area contributed by atoms with E-state index in [9.17, 15) is 0 Å². The minimum atomic E-state index is 0.693. The van der Waals surface area contributed by atoms with Crippen molar-refractivity contribution in [3.63, 3.8) is 0 Å². The molecule has 0 atom stereocenters. The second kappa shape index (κ2) is 6.81. The van der Waals surface area contributed by atoms with Crippen LogP contribution in [0.25, 0.3) is 5.69 Å². The molecule has 1 aliphatic carbocycles. The van der Waals surface area contributed by atoms with Gasteiger partial charge < -0.3 is 14.6 Å².